The highest BCUT2D eigenvalue weighted by Crippen LogP contribution is 2.49. The van der Waals surface area contributed by atoms with Gasteiger partial charge in [-0.3, -0.25) is 10.1 Å². The molecular weight excluding hydrogens is 322 g/mol. The van der Waals surface area contributed by atoms with Crippen molar-refractivity contribution in [3.8, 4) is 18.2 Å². The quantitative estimate of drug-likeness (QED) is 0.378. The van der Waals surface area contributed by atoms with Gasteiger partial charge in [0.25, 0.3) is 5.69 Å². The highest BCUT2D eigenvalue weighted by Gasteiger charge is 2.48. The van der Waals surface area contributed by atoms with E-state index < -0.39 is 15.6 Å². The summed E-state index contributed by atoms with van der Waals surface area (Å²) in [6, 6.07) is 10.1. The van der Waals surface area contributed by atoms with Crippen molar-refractivity contribution in [1.29, 1.82) is 15.8 Å². The first-order valence-corrected chi connectivity index (χ1v) is 6.34. The van der Waals surface area contributed by atoms with E-state index in [4.69, 9.17) is 32.6 Å². The number of hydrogen-bond acceptors (Lipinski definition) is 7. The second kappa shape index (κ2) is 5.69. The molecule has 0 aromatic heterocycles. The summed E-state index contributed by atoms with van der Waals surface area (Å²) in [7, 11) is 0. The maximum absolute atomic E-state index is 10.9. The Morgan fingerprint density at radius 2 is 2.00 bits per heavy atom. The number of nitrogens with zero attached hydrogens (tertiary/aromatic N) is 4. The van der Waals surface area contributed by atoms with Gasteiger partial charge in [-0.05, 0) is 0 Å². The molecule has 8 nitrogen and oxygen atoms in total. The van der Waals surface area contributed by atoms with Crippen LogP contribution in [-0.4, -0.2) is 4.92 Å². The predicted molar refractivity (Wildman–Crippen MR) is 76.8 cm³/mol. The van der Waals surface area contributed by atoms with Gasteiger partial charge in [0.2, 0.25) is 10.9 Å². The van der Waals surface area contributed by atoms with Crippen LogP contribution < -0.4 is 5.73 Å². The van der Waals surface area contributed by atoms with Gasteiger partial charge >= 0.3 is 0 Å². The molecule has 0 radical (unpaired) electrons. The molecule has 0 saturated carbocycles. The lowest BCUT2D eigenvalue weighted by atomic mass is 9.93. The Balaban J connectivity index is 2.77. The molecule has 1 aromatic carbocycles. The van der Waals surface area contributed by atoms with Crippen LogP contribution in [0.1, 0.15) is 5.56 Å². The third-order valence-electron chi connectivity index (χ3n) is 3.08. The van der Waals surface area contributed by atoms with E-state index in [0.29, 0.717) is 0 Å². The van der Waals surface area contributed by atoms with E-state index in [1.54, 1.807) is 18.2 Å². The summed E-state index contributed by atoms with van der Waals surface area (Å²) < 4.78 is 5.29. The minimum atomic E-state index is -1.97. The van der Waals surface area contributed by atoms with Crippen molar-refractivity contribution in [1.82, 2.24) is 0 Å². The van der Waals surface area contributed by atoms with Crippen molar-refractivity contribution in [2.75, 3.05) is 0 Å². The third kappa shape index (κ3) is 2.42. The molecule has 23 heavy (non-hydrogen) atoms. The van der Waals surface area contributed by atoms with Crippen LogP contribution in [0.5, 0.6) is 0 Å². The summed E-state index contributed by atoms with van der Waals surface area (Å²) in [6.45, 7) is 0. The summed E-state index contributed by atoms with van der Waals surface area (Å²) in [6.07, 6.45) is 0. The zero-order valence-corrected chi connectivity index (χ0v) is 12.0. The molecule has 0 spiro atoms. The second-order valence-corrected chi connectivity index (χ2v) is 4.86. The van der Waals surface area contributed by atoms with E-state index in [1.807, 2.05) is 0 Å². The Morgan fingerprint density at radius 1 is 1.35 bits per heavy atom. The third-order valence-corrected chi connectivity index (χ3v) is 3.57. The van der Waals surface area contributed by atoms with Gasteiger partial charge in [-0.1, -0.05) is 23.7 Å². The van der Waals surface area contributed by atoms with Crippen LogP contribution in [0.2, 0.25) is 0 Å². The maximum atomic E-state index is 10.9. The number of allylic oxidation sites excluding steroid dienone is 1. The topological polar surface area (TPSA) is 150 Å². The van der Waals surface area contributed by atoms with Crippen LogP contribution in [0.3, 0.4) is 0 Å². The minimum absolute atomic E-state index is 0.0690. The monoisotopic (exact) mass is 327 g/mol. The largest absolute Gasteiger partial charge is 0.447 e. The van der Waals surface area contributed by atoms with Gasteiger partial charge < -0.3 is 10.5 Å². The molecule has 1 unspecified atom stereocenters. The summed E-state index contributed by atoms with van der Waals surface area (Å²) >= 11 is 6.38. The van der Waals surface area contributed by atoms with Crippen LogP contribution in [0.4, 0.5) is 5.69 Å². The molecule has 1 aliphatic rings. The van der Waals surface area contributed by atoms with Crippen molar-refractivity contribution in [3.05, 3.63) is 62.5 Å². The second-order valence-electron chi connectivity index (χ2n) is 4.33. The molecule has 0 amide bonds. The van der Waals surface area contributed by atoms with E-state index in [9.17, 15) is 15.4 Å². The zero-order valence-electron chi connectivity index (χ0n) is 11.3. The lowest BCUT2D eigenvalue weighted by Gasteiger charge is -2.23. The van der Waals surface area contributed by atoms with Crippen molar-refractivity contribution in [2.45, 2.75) is 5.06 Å². The Labute approximate surface area is 135 Å². The Kier molecular flexibility index (Phi) is 3.92. The zero-order chi connectivity index (χ0) is 17.2. The van der Waals surface area contributed by atoms with E-state index in [1.165, 1.54) is 18.2 Å². The van der Waals surface area contributed by atoms with Crippen molar-refractivity contribution in [2.24, 2.45) is 5.73 Å². The van der Waals surface area contributed by atoms with Gasteiger partial charge in [0, 0.05) is 17.7 Å². The lowest BCUT2D eigenvalue weighted by Crippen LogP contribution is -2.23. The van der Waals surface area contributed by atoms with Gasteiger partial charge in [0.05, 0.1) is 10.5 Å². The number of halogens is 1. The van der Waals surface area contributed by atoms with Crippen LogP contribution in [0.15, 0.2) is 46.9 Å². The smallest absolute Gasteiger partial charge is 0.269 e. The molecular formula is C14H6ClN5O3. The maximum Gasteiger partial charge on any atom is 0.269 e. The molecule has 2 N–H and O–H groups in total. The van der Waals surface area contributed by atoms with E-state index in [-0.39, 0.29) is 28.3 Å². The highest BCUT2D eigenvalue weighted by atomic mass is 35.5. The SMILES string of the molecule is N#CC(C#N)=C1C(C#N)=C(N)OC1(Cl)c1cccc([N+](=O)[O-])c1. The first kappa shape index (κ1) is 15.8. The van der Waals surface area contributed by atoms with Gasteiger partial charge in [0.15, 0.2) is 0 Å². The van der Waals surface area contributed by atoms with Crippen LogP contribution >= 0.6 is 11.6 Å². The number of nitro benzene ring substituents is 1. The molecule has 1 atom stereocenters. The number of nitro groups is 1. The molecule has 0 fully saturated rings. The summed E-state index contributed by atoms with van der Waals surface area (Å²) in [4.78, 5) is 10.3. The number of alkyl halides is 1. The van der Waals surface area contributed by atoms with Crippen molar-refractivity contribution < 1.29 is 9.66 Å². The standard InChI is InChI=1S/C14H6ClN5O3/c15-14(9-2-1-3-10(4-9)20(21)22)12(8(5-16)6-17)11(7-18)13(19)23-14/h1-4H,19H2. The Morgan fingerprint density at radius 3 is 2.52 bits per heavy atom. The number of nitrogens with two attached hydrogens (primary N) is 1. The first-order chi connectivity index (χ1) is 10.9. The number of benzene rings is 1. The Hall–Kier alpha value is -3.54. The van der Waals surface area contributed by atoms with Crippen LogP contribution in [0.25, 0.3) is 0 Å². The van der Waals surface area contributed by atoms with Crippen LogP contribution in [0, 0.1) is 44.1 Å². The summed E-state index contributed by atoms with van der Waals surface area (Å²) in [5, 5.41) is 36.3. The average Bonchev–Trinajstić information content (AvgIpc) is 2.80. The summed E-state index contributed by atoms with van der Waals surface area (Å²) in [5.41, 5.74) is 4.44. The fourth-order valence-electron chi connectivity index (χ4n) is 2.09. The number of hydrogen-bond donors (Lipinski definition) is 1. The van der Waals surface area contributed by atoms with E-state index in [0.717, 1.165) is 6.07 Å². The first-order valence-electron chi connectivity index (χ1n) is 5.97. The van der Waals surface area contributed by atoms with Crippen LogP contribution in [-0.2, 0) is 9.80 Å². The number of nitriles is 3. The molecule has 112 valence electrons. The van der Waals surface area contributed by atoms with Gasteiger partial charge in [0.1, 0.15) is 29.4 Å². The number of ether oxygens (including phenoxy) is 1. The van der Waals surface area contributed by atoms with Gasteiger partial charge in [-0.2, -0.15) is 15.8 Å². The highest BCUT2D eigenvalue weighted by molar-refractivity contribution is 6.26. The van der Waals surface area contributed by atoms with Gasteiger partial charge in [-0.25, -0.2) is 0 Å². The number of rotatable bonds is 2. The molecule has 1 heterocycles. The minimum Gasteiger partial charge on any atom is -0.447 e. The fourth-order valence-corrected chi connectivity index (χ4v) is 2.48. The van der Waals surface area contributed by atoms with Gasteiger partial charge in [-0.15, -0.1) is 0 Å². The lowest BCUT2D eigenvalue weighted by molar-refractivity contribution is -0.385. The number of non-ortho nitro benzene ring substituents is 1. The average molecular weight is 328 g/mol. The molecule has 0 saturated heterocycles. The molecule has 9 heteroatoms. The molecule has 1 aromatic rings. The molecule has 2 rings (SSSR count). The summed E-state index contributed by atoms with van der Waals surface area (Å²) in [5.74, 6) is -0.369. The molecule has 0 aliphatic carbocycles. The molecule has 1 aliphatic heterocycles. The van der Waals surface area contributed by atoms with E-state index >= 15 is 0 Å². The van der Waals surface area contributed by atoms with Crippen molar-refractivity contribution in [3.63, 3.8) is 0 Å². The predicted octanol–water partition coefficient (Wildman–Crippen LogP) is 2.05. The van der Waals surface area contributed by atoms with E-state index in [2.05, 4.69) is 0 Å². The Bertz CT molecular complexity index is 884. The fraction of sp³-hybridized carbons (Fsp3) is 0.0714. The normalized spacial score (nSPS) is 19.3. The molecule has 0 bridgehead atoms. The van der Waals surface area contributed by atoms with Crippen molar-refractivity contribution >= 4 is 17.3 Å².